The quantitative estimate of drug-likeness (QED) is 0.130. The lowest BCUT2D eigenvalue weighted by Crippen LogP contribution is -2.57. The number of carbonyl (C=O) groups excluding carboxylic acids is 4. The van der Waals surface area contributed by atoms with Crippen molar-refractivity contribution in [3.8, 4) is 0 Å². The van der Waals surface area contributed by atoms with Crippen LogP contribution >= 0.6 is 0 Å². The van der Waals surface area contributed by atoms with Crippen LogP contribution in [0.4, 0.5) is 0 Å². The second-order valence-electron chi connectivity index (χ2n) is 9.92. The highest BCUT2D eigenvalue weighted by molar-refractivity contribution is 5.96. The van der Waals surface area contributed by atoms with Gasteiger partial charge in [-0.1, -0.05) is 32.0 Å². The largest absolute Gasteiger partial charge is 0.481 e. The molecular weight excluding hydrogens is 524 g/mol. The van der Waals surface area contributed by atoms with Crippen molar-refractivity contribution < 1.29 is 39.0 Å². The van der Waals surface area contributed by atoms with Gasteiger partial charge in [0.1, 0.15) is 18.1 Å². The fourth-order valence-electron chi connectivity index (χ4n) is 4.09. The fraction of sp³-hybridized carbons (Fsp3) is 0.462. The van der Waals surface area contributed by atoms with Gasteiger partial charge in [0.2, 0.25) is 23.6 Å². The zero-order valence-corrected chi connectivity index (χ0v) is 22.3. The molecule has 1 heterocycles. The zero-order chi connectivity index (χ0) is 30.0. The number of fused-ring (bicyclic) bond motifs is 1. The lowest BCUT2D eigenvalue weighted by atomic mass is 10.0. The number of para-hydroxylation sites is 1. The van der Waals surface area contributed by atoms with Crippen LogP contribution in [0.25, 0.3) is 10.9 Å². The van der Waals surface area contributed by atoms with Crippen molar-refractivity contribution in [2.45, 2.75) is 70.1 Å². The highest BCUT2D eigenvalue weighted by atomic mass is 16.4. The summed E-state index contributed by atoms with van der Waals surface area (Å²) in [6.07, 6.45) is 0.494. The van der Waals surface area contributed by atoms with E-state index in [2.05, 4.69) is 20.9 Å². The van der Waals surface area contributed by atoms with Crippen molar-refractivity contribution in [2.75, 3.05) is 0 Å². The van der Waals surface area contributed by atoms with E-state index in [0.717, 1.165) is 16.5 Å². The molecule has 14 heteroatoms. The van der Waals surface area contributed by atoms with Gasteiger partial charge < -0.3 is 42.6 Å². The van der Waals surface area contributed by atoms with Gasteiger partial charge in [-0.15, -0.1) is 0 Å². The smallest absolute Gasteiger partial charge is 0.326 e. The van der Waals surface area contributed by atoms with Crippen molar-refractivity contribution in [3.63, 3.8) is 0 Å². The number of aromatic amines is 1. The number of carbonyl (C=O) groups is 6. The number of hydrogen-bond donors (Lipinski definition) is 8. The Morgan fingerprint density at radius 3 is 2.10 bits per heavy atom. The van der Waals surface area contributed by atoms with E-state index in [1.807, 2.05) is 24.3 Å². The number of aliphatic carboxylic acids is 2. The number of benzene rings is 1. The SMILES string of the molecule is CC(C)CC(NC(=O)C(CC(=O)O)NC(=O)C(CCC(N)=O)NC(=O)C(N)Cc1c[nH]c2ccccc12)C(=O)O. The van der Waals surface area contributed by atoms with Crippen molar-refractivity contribution in [1.82, 2.24) is 20.9 Å². The molecule has 4 atom stereocenters. The van der Waals surface area contributed by atoms with E-state index in [1.165, 1.54) is 0 Å². The summed E-state index contributed by atoms with van der Waals surface area (Å²) < 4.78 is 0. The fourth-order valence-corrected chi connectivity index (χ4v) is 4.09. The summed E-state index contributed by atoms with van der Waals surface area (Å²) in [5.74, 6) is -6.33. The van der Waals surface area contributed by atoms with Gasteiger partial charge >= 0.3 is 11.9 Å². The third-order valence-electron chi connectivity index (χ3n) is 6.10. The van der Waals surface area contributed by atoms with Gasteiger partial charge in [-0.2, -0.15) is 0 Å². The zero-order valence-electron chi connectivity index (χ0n) is 22.3. The van der Waals surface area contributed by atoms with Crippen LogP contribution < -0.4 is 27.4 Å². The molecule has 0 saturated heterocycles. The first kappa shape index (κ1) is 31.8. The Labute approximate surface area is 230 Å². The van der Waals surface area contributed by atoms with E-state index < -0.39 is 66.2 Å². The van der Waals surface area contributed by atoms with Gasteiger partial charge in [-0.05, 0) is 36.8 Å². The minimum atomic E-state index is -1.66. The monoisotopic (exact) mass is 560 g/mol. The molecule has 4 amide bonds. The van der Waals surface area contributed by atoms with Crippen LogP contribution in [0.15, 0.2) is 30.5 Å². The maximum Gasteiger partial charge on any atom is 0.326 e. The summed E-state index contributed by atoms with van der Waals surface area (Å²) in [5, 5.41) is 26.5. The second kappa shape index (κ2) is 14.6. The second-order valence-corrected chi connectivity index (χ2v) is 9.92. The van der Waals surface area contributed by atoms with Crippen molar-refractivity contribution in [1.29, 1.82) is 0 Å². The number of aromatic nitrogens is 1. The van der Waals surface area contributed by atoms with Crippen molar-refractivity contribution >= 4 is 46.5 Å². The Kier molecular flexibility index (Phi) is 11.6. The van der Waals surface area contributed by atoms with Crippen LogP contribution in [-0.2, 0) is 35.2 Å². The lowest BCUT2D eigenvalue weighted by Gasteiger charge is -2.25. The minimum absolute atomic E-state index is 0.0699. The predicted octanol–water partition coefficient (Wildman–Crippen LogP) is -0.637. The van der Waals surface area contributed by atoms with Crippen molar-refractivity contribution in [2.24, 2.45) is 17.4 Å². The molecule has 1 aromatic heterocycles. The Morgan fingerprint density at radius 1 is 0.900 bits per heavy atom. The molecule has 0 bridgehead atoms. The number of nitrogens with two attached hydrogens (primary N) is 2. The van der Waals surface area contributed by atoms with E-state index in [9.17, 15) is 39.0 Å². The number of amides is 4. The molecule has 0 saturated carbocycles. The molecule has 0 radical (unpaired) electrons. The third kappa shape index (κ3) is 9.69. The molecule has 2 rings (SSSR count). The Bertz CT molecular complexity index is 1240. The van der Waals surface area contributed by atoms with Gasteiger partial charge in [0.25, 0.3) is 0 Å². The van der Waals surface area contributed by atoms with Gasteiger partial charge in [0, 0.05) is 23.5 Å². The molecule has 0 aliphatic carbocycles. The number of hydrogen-bond acceptors (Lipinski definition) is 7. The van der Waals surface area contributed by atoms with Crippen molar-refractivity contribution in [3.05, 3.63) is 36.0 Å². The summed E-state index contributed by atoms with van der Waals surface area (Å²) >= 11 is 0. The average molecular weight is 561 g/mol. The highest BCUT2D eigenvalue weighted by Gasteiger charge is 2.32. The van der Waals surface area contributed by atoms with Gasteiger partial charge in [-0.25, -0.2) is 4.79 Å². The first-order chi connectivity index (χ1) is 18.8. The maximum atomic E-state index is 13.1. The van der Waals surface area contributed by atoms with Crippen LogP contribution in [-0.4, -0.2) is 74.9 Å². The van der Waals surface area contributed by atoms with E-state index >= 15 is 0 Å². The summed E-state index contributed by atoms with van der Waals surface area (Å²) in [7, 11) is 0. The van der Waals surface area contributed by atoms with Gasteiger partial charge in [0.15, 0.2) is 0 Å². The summed E-state index contributed by atoms with van der Waals surface area (Å²) in [6.45, 7) is 3.49. The van der Waals surface area contributed by atoms with Crippen LogP contribution in [0.1, 0.15) is 45.1 Å². The van der Waals surface area contributed by atoms with E-state index in [4.69, 9.17) is 11.5 Å². The van der Waals surface area contributed by atoms with E-state index in [0.29, 0.717) is 0 Å². The molecule has 4 unspecified atom stereocenters. The normalized spacial score (nSPS) is 14.1. The molecule has 1 aromatic carbocycles. The first-order valence-electron chi connectivity index (χ1n) is 12.7. The minimum Gasteiger partial charge on any atom is -0.481 e. The number of carboxylic acids is 2. The Morgan fingerprint density at radius 2 is 1.50 bits per heavy atom. The molecule has 0 aliphatic heterocycles. The number of nitrogens with one attached hydrogen (secondary N) is 4. The molecule has 40 heavy (non-hydrogen) atoms. The van der Waals surface area contributed by atoms with E-state index in [-0.39, 0.29) is 31.6 Å². The Hall–Kier alpha value is -4.46. The maximum absolute atomic E-state index is 13.1. The molecule has 2 aromatic rings. The van der Waals surface area contributed by atoms with Crippen LogP contribution in [0.5, 0.6) is 0 Å². The van der Waals surface area contributed by atoms with Crippen LogP contribution in [0.2, 0.25) is 0 Å². The van der Waals surface area contributed by atoms with Gasteiger partial charge in [0.05, 0.1) is 12.5 Å². The summed E-state index contributed by atoms with van der Waals surface area (Å²) in [5.41, 5.74) is 12.9. The summed E-state index contributed by atoms with van der Waals surface area (Å²) in [4.78, 5) is 76.2. The number of rotatable bonds is 16. The molecular formula is C26H36N6O8. The molecule has 0 spiro atoms. The molecule has 0 fully saturated rings. The Balaban J connectivity index is 2.16. The standard InChI is InChI=1S/C26H36N6O8/c1-13(2)9-20(26(39)40)32-25(38)19(11-22(34)35)31-24(37)18(7-8-21(28)33)30-23(36)16(27)10-14-12-29-17-6-4-3-5-15(14)17/h3-6,12-13,16,18-20,29H,7-11,27H2,1-2H3,(H2,28,33)(H,30,36)(H,31,37)(H,32,38)(H,34,35)(H,39,40). The molecule has 14 nitrogen and oxygen atoms in total. The average Bonchev–Trinajstić information content (AvgIpc) is 3.27. The summed E-state index contributed by atoms with van der Waals surface area (Å²) in [6, 6.07) is 1.96. The molecule has 218 valence electrons. The van der Waals surface area contributed by atoms with Gasteiger partial charge in [-0.3, -0.25) is 24.0 Å². The number of carboxylic acid groups (broad SMARTS) is 2. The topological polar surface area (TPSA) is 247 Å². The molecule has 10 N–H and O–H groups in total. The first-order valence-corrected chi connectivity index (χ1v) is 12.7. The molecule has 0 aliphatic rings. The predicted molar refractivity (Wildman–Crippen MR) is 144 cm³/mol. The third-order valence-corrected chi connectivity index (χ3v) is 6.10. The van der Waals surface area contributed by atoms with E-state index in [1.54, 1.807) is 20.0 Å². The number of H-pyrrole nitrogens is 1. The van der Waals surface area contributed by atoms with Crippen LogP contribution in [0.3, 0.4) is 0 Å². The number of primary amides is 1. The lowest BCUT2D eigenvalue weighted by molar-refractivity contribution is -0.144. The highest BCUT2D eigenvalue weighted by Crippen LogP contribution is 2.19. The van der Waals surface area contributed by atoms with Crippen LogP contribution in [0, 0.1) is 5.92 Å².